The number of rotatable bonds is 6. The lowest BCUT2D eigenvalue weighted by Gasteiger charge is -2.17. The Bertz CT molecular complexity index is 499. The van der Waals surface area contributed by atoms with Gasteiger partial charge < -0.3 is 14.8 Å². The third-order valence-corrected chi connectivity index (χ3v) is 3.57. The summed E-state index contributed by atoms with van der Waals surface area (Å²) in [6, 6.07) is 5.11. The van der Waals surface area contributed by atoms with E-state index < -0.39 is 9.84 Å². The largest absolute Gasteiger partial charge is 0.493 e. The second kappa shape index (κ2) is 6.06. The van der Waals surface area contributed by atoms with Gasteiger partial charge in [0.2, 0.25) is 0 Å². The van der Waals surface area contributed by atoms with Crippen molar-refractivity contribution >= 4 is 9.84 Å². The maximum Gasteiger partial charge on any atom is 0.161 e. The van der Waals surface area contributed by atoms with Crippen LogP contribution in [-0.2, 0) is 9.84 Å². The summed E-state index contributed by atoms with van der Waals surface area (Å²) in [6.45, 7) is 0. The zero-order valence-electron chi connectivity index (χ0n) is 11.1. The molecule has 0 aliphatic rings. The van der Waals surface area contributed by atoms with E-state index in [4.69, 9.17) is 9.47 Å². The van der Waals surface area contributed by atoms with Crippen LogP contribution in [0.5, 0.6) is 11.5 Å². The number of benzene rings is 1. The van der Waals surface area contributed by atoms with Crippen molar-refractivity contribution in [2.75, 3.05) is 33.3 Å². The molecule has 1 N–H and O–H groups in total. The zero-order chi connectivity index (χ0) is 13.8. The summed E-state index contributed by atoms with van der Waals surface area (Å²) in [5.74, 6) is 1.25. The number of nitrogens with one attached hydrogen (secondary N) is 1. The third kappa shape index (κ3) is 3.89. The van der Waals surface area contributed by atoms with Crippen LogP contribution in [0.3, 0.4) is 0 Å². The van der Waals surface area contributed by atoms with Crippen LogP contribution in [0.4, 0.5) is 0 Å². The van der Waals surface area contributed by atoms with Crippen LogP contribution in [0, 0.1) is 0 Å². The highest BCUT2D eigenvalue weighted by atomic mass is 32.2. The van der Waals surface area contributed by atoms with Crippen LogP contribution < -0.4 is 14.8 Å². The Morgan fingerprint density at radius 3 is 2.28 bits per heavy atom. The molecule has 102 valence electrons. The molecule has 0 aliphatic carbocycles. The number of ether oxygens (including phenoxy) is 2. The van der Waals surface area contributed by atoms with Gasteiger partial charge in [-0.05, 0) is 24.7 Å². The fourth-order valence-corrected chi connectivity index (χ4v) is 2.68. The Kier molecular flexibility index (Phi) is 4.98. The van der Waals surface area contributed by atoms with E-state index in [1.165, 1.54) is 6.26 Å². The van der Waals surface area contributed by atoms with Crippen LogP contribution in [0.1, 0.15) is 11.6 Å². The lowest BCUT2D eigenvalue weighted by molar-refractivity contribution is 0.354. The van der Waals surface area contributed by atoms with Gasteiger partial charge in [0.1, 0.15) is 9.84 Å². The smallest absolute Gasteiger partial charge is 0.161 e. The Morgan fingerprint density at radius 2 is 1.83 bits per heavy atom. The number of hydrogen-bond acceptors (Lipinski definition) is 5. The Morgan fingerprint density at radius 1 is 1.22 bits per heavy atom. The maximum atomic E-state index is 11.4. The summed E-state index contributed by atoms with van der Waals surface area (Å²) >= 11 is 0. The first-order valence-corrected chi connectivity index (χ1v) is 7.54. The molecule has 0 spiro atoms. The number of sulfone groups is 1. The van der Waals surface area contributed by atoms with Crippen molar-refractivity contribution in [3.63, 3.8) is 0 Å². The second-order valence-corrected chi connectivity index (χ2v) is 6.23. The average molecular weight is 273 g/mol. The maximum absolute atomic E-state index is 11.4. The van der Waals surface area contributed by atoms with E-state index in [1.54, 1.807) is 33.4 Å². The molecular formula is C12H19NO4S. The van der Waals surface area contributed by atoms with Gasteiger partial charge in [0.25, 0.3) is 0 Å². The van der Waals surface area contributed by atoms with Crippen molar-refractivity contribution in [1.29, 1.82) is 0 Å². The first kappa shape index (κ1) is 14.8. The molecule has 0 fully saturated rings. The van der Waals surface area contributed by atoms with Gasteiger partial charge in [-0.2, -0.15) is 0 Å². The van der Waals surface area contributed by atoms with Gasteiger partial charge in [-0.15, -0.1) is 0 Å². The minimum Gasteiger partial charge on any atom is -0.493 e. The van der Waals surface area contributed by atoms with Gasteiger partial charge in [0.05, 0.1) is 20.0 Å². The van der Waals surface area contributed by atoms with Gasteiger partial charge in [-0.1, -0.05) is 6.07 Å². The highest BCUT2D eigenvalue weighted by molar-refractivity contribution is 7.90. The van der Waals surface area contributed by atoms with Crippen molar-refractivity contribution < 1.29 is 17.9 Å². The van der Waals surface area contributed by atoms with E-state index in [1.807, 2.05) is 6.07 Å². The SMILES string of the molecule is CNC(CS(C)(=O)=O)c1ccc(OC)c(OC)c1. The third-order valence-electron chi connectivity index (χ3n) is 2.63. The van der Waals surface area contributed by atoms with Crippen LogP contribution >= 0.6 is 0 Å². The molecule has 0 saturated carbocycles. The molecule has 0 bridgehead atoms. The molecule has 0 aliphatic heterocycles. The van der Waals surface area contributed by atoms with Crippen molar-refractivity contribution in [2.45, 2.75) is 6.04 Å². The van der Waals surface area contributed by atoms with E-state index in [0.717, 1.165) is 5.56 Å². The van der Waals surface area contributed by atoms with Crippen LogP contribution in [0.25, 0.3) is 0 Å². The van der Waals surface area contributed by atoms with E-state index in [2.05, 4.69) is 5.32 Å². The van der Waals surface area contributed by atoms with Crippen LogP contribution in [-0.4, -0.2) is 41.7 Å². The molecule has 0 aromatic heterocycles. The normalized spacial score (nSPS) is 13.1. The first-order chi connectivity index (χ1) is 8.41. The molecule has 1 rings (SSSR count). The van der Waals surface area contributed by atoms with Crippen molar-refractivity contribution in [3.05, 3.63) is 23.8 Å². The number of hydrogen-bond donors (Lipinski definition) is 1. The molecule has 0 amide bonds. The average Bonchev–Trinajstić information content (AvgIpc) is 2.34. The Hall–Kier alpha value is -1.27. The summed E-state index contributed by atoms with van der Waals surface area (Å²) in [6.07, 6.45) is 1.22. The van der Waals surface area contributed by atoms with Gasteiger partial charge in [-0.25, -0.2) is 8.42 Å². The van der Waals surface area contributed by atoms with E-state index in [0.29, 0.717) is 11.5 Å². The molecule has 6 heteroatoms. The fraction of sp³-hybridized carbons (Fsp3) is 0.500. The quantitative estimate of drug-likeness (QED) is 0.838. The van der Waals surface area contributed by atoms with Crippen molar-refractivity contribution in [1.82, 2.24) is 5.32 Å². The Labute approximate surface area is 108 Å². The summed E-state index contributed by atoms with van der Waals surface area (Å²) in [4.78, 5) is 0. The lowest BCUT2D eigenvalue weighted by atomic mass is 10.1. The highest BCUT2D eigenvalue weighted by Gasteiger charge is 2.17. The molecular weight excluding hydrogens is 254 g/mol. The molecule has 1 aromatic carbocycles. The molecule has 1 aromatic rings. The molecule has 5 nitrogen and oxygen atoms in total. The standard InChI is InChI=1S/C12H19NO4S/c1-13-10(8-18(4,14)15)9-5-6-11(16-2)12(7-9)17-3/h5-7,10,13H,8H2,1-4H3. The predicted molar refractivity (Wildman–Crippen MR) is 71.1 cm³/mol. The molecule has 1 atom stereocenters. The Balaban J connectivity index is 3.07. The van der Waals surface area contributed by atoms with E-state index in [9.17, 15) is 8.42 Å². The molecule has 0 saturated heterocycles. The van der Waals surface area contributed by atoms with Gasteiger partial charge in [0.15, 0.2) is 11.5 Å². The van der Waals surface area contributed by atoms with Gasteiger partial charge >= 0.3 is 0 Å². The predicted octanol–water partition coefficient (Wildman–Crippen LogP) is 1.01. The zero-order valence-corrected chi connectivity index (χ0v) is 11.9. The summed E-state index contributed by atoms with van der Waals surface area (Å²) in [7, 11) is 1.78. The minimum absolute atomic E-state index is 0.0407. The molecule has 1 unspecified atom stereocenters. The summed E-state index contributed by atoms with van der Waals surface area (Å²) < 4.78 is 33.1. The first-order valence-electron chi connectivity index (χ1n) is 5.48. The highest BCUT2D eigenvalue weighted by Crippen LogP contribution is 2.30. The molecule has 0 radical (unpaired) electrons. The van der Waals surface area contributed by atoms with Crippen molar-refractivity contribution in [2.24, 2.45) is 0 Å². The molecule has 18 heavy (non-hydrogen) atoms. The summed E-state index contributed by atoms with van der Waals surface area (Å²) in [5.41, 5.74) is 0.848. The molecule has 0 heterocycles. The fourth-order valence-electron chi connectivity index (χ4n) is 1.72. The number of methoxy groups -OCH3 is 2. The second-order valence-electron chi connectivity index (χ2n) is 4.05. The van der Waals surface area contributed by atoms with E-state index >= 15 is 0 Å². The minimum atomic E-state index is -3.05. The van der Waals surface area contributed by atoms with Gasteiger partial charge in [0, 0.05) is 12.3 Å². The van der Waals surface area contributed by atoms with Crippen molar-refractivity contribution in [3.8, 4) is 11.5 Å². The topological polar surface area (TPSA) is 64.6 Å². The van der Waals surface area contributed by atoms with Crippen LogP contribution in [0.15, 0.2) is 18.2 Å². The lowest BCUT2D eigenvalue weighted by Crippen LogP contribution is -2.24. The van der Waals surface area contributed by atoms with E-state index in [-0.39, 0.29) is 11.8 Å². The monoisotopic (exact) mass is 273 g/mol. The van der Waals surface area contributed by atoms with Gasteiger partial charge in [-0.3, -0.25) is 0 Å². The van der Waals surface area contributed by atoms with Crippen LogP contribution in [0.2, 0.25) is 0 Å². The summed E-state index contributed by atoms with van der Waals surface area (Å²) in [5, 5.41) is 2.99.